The molecule has 0 aliphatic rings. The zero-order valence-electron chi connectivity index (χ0n) is 28.3. The number of hydrogen-bond donors (Lipinski definition) is 4. The van der Waals surface area contributed by atoms with Crippen molar-refractivity contribution in [1.29, 1.82) is 0 Å². The number of azo groups is 1. The van der Waals surface area contributed by atoms with Crippen LogP contribution in [0.1, 0.15) is 0 Å². The third-order valence-electron chi connectivity index (χ3n) is 6.41. The van der Waals surface area contributed by atoms with Crippen LogP contribution in [0.4, 0.5) is 34.6 Å². The van der Waals surface area contributed by atoms with Crippen LogP contribution in [-0.2, 0) is 40.5 Å². The van der Waals surface area contributed by atoms with Crippen LogP contribution in [0, 0.1) is 0 Å². The number of halogens is 1. The van der Waals surface area contributed by atoms with Gasteiger partial charge in [0.05, 0.1) is 26.1 Å². The van der Waals surface area contributed by atoms with E-state index in [0.29, 0.717) is 36.4 Å². The first-order chi connectivity index (χ1) is 23.5. The van der Waals surface area contributed by atoms with Crippen LogP contribution in [-0.4, -0.2) is 66.8 Å². The maximum atomic E-state index is 13.8. The van der Waals surface area contributed by atoms with Crippen LogP contribution in [0.3, 0.4) is 0 Å². The van der Waals surface area contributed by atoms with Crippen molar-refractivity contribution in [1.82, 2.24) is 15.0 Å². The van der Waals surface area contributed by atoms with Gasteiger partial charge in [-0.05, 0) is 77.0 Å². The summed E-state index contributed by atoms with van der Waals surface area (Å²) in [4.78, 5) is 7.99. The molecule has 0 atom stereocenters. The first-order valence-corrected chi connectivity index (χ1v) is 19.1. The Morgan fingerprint density at radius 2 is 1.18 bits per heavy atom. The summed E-state index contributed by atoms with van der Waals surface area (Å²) in [6.07, 6.45) is 0. The van der Waals surface area contributed by atoms with E-state index in [-0.39, 0.29) is 130 Å². The first kappa shape index (κ1) is 51.9. The predicted octanol–water partition coefficient (Wildman–Crippen LogP) is -9.95. The van der Waals surface area contributed by atoms with E-state index < -0.39 is 111 Å². The van der Waals surface area contributed by atoms with Crippen molar-refractivity contribution in [3.05, 3.63) is 65.9 Å². The van der Waals surface area contributed by atoms with Gasteiger partial charge in [-0.25, -0.2) is 16.8 Å². The molecule has 0 spiro atoms. The zero-order valence-corrected chi connectivity index (χ0v) is 40.3. The monoisotopic (exact) mass is 891 g/mol. The molecule has 0 saturated carbocycles. The second-order valence-corrected chi connectivity index (χ2v) is 15.7. The van der Waals surface area contributed by atoms with Crippen molar-refractivity contribution in [2.75, 3.05) is 10.6 Å². The number of rotatable bonds is 10. The van der Waals surface area contributed by atoms with Crippen molar-refractivity contribution in [3.8, 4) is 11.5 Å². The predicted molar refractivity (Wildman–Crippen MR) is 167 cm³/mol. The summed E-state index contributed by atoms with van der Waals surface area (Å²) in [7, 11) is -20.3. The molecule has 21 nitrogen and oxygen atoms in total. The Hall–Kier alpha value is -1.12. The summed E-state index contributed by atoms with van der Waals surface area (Å²) in [5.74, 6) is -3.26. The van der Waals surface area contributed by atoms with E-state index in [1.165, 1.54) is 12.1 Å². The SMILES string of the molecule is O=S(=O)([O-])c1ccc(Nc2nc(Cl)nc(Nc3cc(S(=O)(=O)O)cc4cc(S(=O)(=O)O)c(N=Nc5cc(S(=O)(=O)[O-])ccc5[O-])c([O-])c34)n2)cc1.[Na+].[Na+].[Na+].[Na+]. The maximum absolute atomic E-state index is 13.8. The molecule has 0 saturated heterocycles. The number of benzene rings is 4. The van der Waals surface area contributed by atoms with Gasteiger partial charge in [0.25, 0.3) is 20.2 Å². The van der Waals surface area contributed by atoms with Crippen LogP contribution in [0.2, 0.25) is 5.28 Å². The van der Waals surface area contributed by atoms with Gasteiger partial charge in [0.2, 0.25) is 17.2 Å². The van der Waals surface area contributed by atoms with Gasteiger partial charge in [-0.1, -0.05) is 17.6 Å². The number of nitrogens with one attached hydrogen (secondary N) is 2. The average molecular weight is 892 g/mol. The smallest absolute Gasteiger partial charge is 0.871 e. The normalized spacial score (nSPS) is 11.8. The summed E-state index contributed by atoms with van der Waals surface area (Å²) in [5, 5.41) is 36.4. The Bertz CT molecular complexity index is 2750. The second-order valence-electron chi connectivity index (χ2n) is 9.84. The van der Waals surface area contributed by atoms with E-state index in [0.717, 1.165) is 12.1 Å². The molecule has 30 heteroatoms. The van der Waals surface area contributed by atoms with Gasteiger partial charge in [-0.2, -0.15) is 36.9 Å². The topological polar surface area (TPSA) is 357 Å². The molecule has 55 heavy (non-hydrogen) atoms. The number of anilines is 4. The Kier molecular flexibility index (Phi) is 18.6. The molecule has 4 aromatic carbocycles. The van der Waals surface area contributed by atoms with Crippen molar-refractivity contribution >= 4 is 97.5 Å². The quantitative estimate of drug-likeness (QED) is 0.0574. The van der Waals surface area contributed by atoms with E-state index in [9.17, 15) is 62.1 Å². The fraction of sp³-hybridized carbons (Fsp3) is 0. The molecule has 5 aromatic rings. The maximum Gasteiger partial charge on any atom is 1.00 e. The van der Waals surface area contributed by atoms with Gasteiger partial charge in [0.15, 0.2) is 0 Å². The van der Waals surface area contributed by atoms with Gasteiger partial charge in [-0.15, -0.1) is 5.11 Å². The van der Waals surface area contributed by atoms with Crippen LogP contribution in [0.5, 0.6) is 11.5 Å². The number of aromatic nitrogens is 3. The van der Waals surface area contributed by atoms with Crippen molar-refractivity contribution < 1.29 is 180 Å². The van der Waals surface area contributed by atoms with E-state index in [1.807, 2.05) is 0 Å². The Labute approximate surface area is 405 Å². The van der Waals surface area contributed by atoms with Crippen LogP contribution < -0.4 is 139 Å². The minimum Gasteiger partial charge on any atom is -0.871 e. The Morgan fingerprint density at radius 3 is 1.71 bits per heavy atom. The fourth-order valence-electron chi connectivity index (χ4n) is 4.23. The van der Waals surface area contributed by atoms with Crippen LogP contribution >= 0.6 is 11.6 Å². The van der Waals surface area contributed by atoms with Gasteiger partial charge in [0, 0.05) is 11.4 Å². The third kappa shape index (κ3) is 12.9. The Morgan fingerprint density at radius 1 is 0.636 bits per heavy atom. The first-order valence-electron chi connectivity index (χ1n) is 13.0. The molecule has 0 unspecified atom stereocenters. The van der Waals surface area contributed by atoms with E-state index in [1.54, 1.807) is 0 Å². The number of hydrogen-bond acceptors (Lipinski definition) is 19. The molecule has 5 rings (SSSR count). The van der Waals surface area contributed by atoms with Crippen molar-refractivity contribution in [2.45, 2.75) is 19.6 Å². The molecular formula is C25H14ClN7Na4O14S4. The van der Waals surface area contributed by atoms with Gasteiger partial charge in [0.1, 0.15) is 25.1 Å². The standard InChI is InChI=1S/C25H18ClN7O14S4.4Na/c26-23-29-24(27-12-1-3-13(4-2-12)48(36,37)38)31-25(30-23)28-17-10-15(50(42,43)44)7-11-8-19(51(45,46)47)21(22(35)20(11)17)33-32-16-9-14(49(39,40)41)5-6-18(16)34;;;;/h1-10,34-35H,(H,36,37,38)(H,39,40,41)(H,42,43,44)(H,45,46,47)(H2,27,28,29,30,31);;;;/q;4*+1/p-4. The van der Waals surface area contributed by atoms with Crippen LogP contribution in [0.15, 0.2) is 90.5 Å². The Balaban J connectivity index is 0.00000378. The molecule has 0 bridgehead atoms. The third-order valence-corrected chi connectivity index (χ3v) is 9.96. The van der Waals surface area contributed by atoms with Gasteiger partial charge in [-0.3, -0.25) is 9.11 Å². The van der Waals surface area contributed by atoms with Crippen LogP contribution in [0.25, 0.3) is 10.8 Å². The van der Waals surface area contributed by atoms with E-state index >= 15 is 0 Å². The molecule has 0 aliphatic carbocycles. The second kappa shape index (κ2) is 19.8. The molecule has 0 aliphatic heterocycles. The molecule has 1 heterocycles. The number of nitrogens with zero attached hydrogens (tertiary/aromatic N) is 5. The minimum absolute atomic E-state index is 0. The summed E-state index contributed by atoms with van der Waals surface area (Å²) in [5.41, 5.74) is -2.42. The van der Waals surface area contributed by atoms with Gasteiger partial charge >= 0.3 is 118 Å². The largest absolute Gasteiger partial charge is 1.00 e. The molecule has 1 aromatic heterocycles. The summed E-state index contributed by atoms with van der Waals surface area (Å²) in [6.45, 7) is 0. The van der Waals surface area contributed by atoms with E-state index in [2.05, 4.69) is 35.8 Å². The average Bonchev–Trinajstić information content (AvgIpc) is 2.99. The number of fused-ring (bicyclic) bond motifs is 1. The minimum atomic E-state index is -5.38. The van der Waals surface area contributed by atoms with E-state index in [4.69, 9.17) is 11.6 Å². The fourth-order valence-corrected chi connectivity index (χ4v) is 6.55. The summed E-state index contributed by atoms with van der Waals surface area (Å²) < 4.78 is 136. The van der Waals surface area contributed by atoms with Crippen molar-refractivity contribution in [3.63, 3.8) is 0 Å². The van der Waals surface area contributed by atoms with Crippen molar-refractivity contribution in [2.24, 2.45) is 10.2 Å². The van der Waals surface area contributed by atoms with Gasteiger partial charge < -0.3 is 30.0 Å². The zero-order chi connectivity index (χ0) is 37.7. The molecule has 0 amide bonds. The molecule has 4 N–H and O–H groups in total. The molecule has 268 valence electrons. The summed E-state index contributed by atoms with van der Waals surface area (Å²) in [6, 6.07) is 8.02. The molecular weight excluding hydrogens is 878 g/mol. The molecule has 0 fully saturated rings. The summed E-state index contributed by atoms with van der Waals surface area (Å²) >= 11 is 6.00. The molecule has 0 radical (unpaired) electrons.